The van der Waals surface area contributed by atoms with Crippen LogP contribution in [0.3, 0.4) is 0 Å². The standard InChI is InChI=1S/C18H19N3O5/c1-24-7-6-20-17(22)13-4-5-19-14(9-13)18(23)21-10-12-2-3-15-16(8-12)26-11-25-15/h2-5,8-9H,6-7,10-11H2,1H3,(H,20,22)(H,21,23). The molecular weight excluding hydrogens is 338 g/mol. The number of carbonyl (C=O) groups is 2. The quantitative estimate of drug-likeness (QED) is 0.721. The second-order valence-corrected chi connectivity index (χ2v) is 5.55. The Bertz CT molecular complexity index is 809. The zero-order valence-electron chi connectivity index (χ0n) is 14.3. The molecule has 2 N–H and O–H groups in total. The van der Waals surface area contributed by atoms with Gasteiger partial charge in [-0.2, -0.15) is 0 Å². The van der Waals surface area contributed by atoms with Gasteiger partial charge in [-0.3, -0.25) is 14.6 Å². The molecule has 0 atom stereocenters. The second kappa shape index (κ2) is 8.30. The van der Waals surface area contributed by atoms with Crippen molar-refractivity contribution in [3.63, 3.8) is 0 Å². The maximum atomic E-state index is 12.3. The van der Waals surface area contributed by atoms with Crippen LogP contribution in [0.1, 0.15) is 26.4 Å². The highest BCUT2D eigenvalue weighted by molar-refractivity contribution is 5.98. The van der Waals surface area contributed by atoms with E-state index in [0.717, 1.165) is 5.56 Å². The number of hydrogen-bond donors (Lipinski definition) is 2. The second-order valence-electron chi connectivity index (χ2n) is 5.55. The van der Waals surface area contributed by atoms with Crippen LogP contribution in [0.4, 0.5) is 0 Å². The Labute approximate surface area is 150 Å². The molecule has 26 heavy (non-hydrogen) atoms. The lowest BCUT2D eigenvalue weighted by atomic mass is 10.2. The molecule has 136 valence electrons. The van der Waals surface area contributed by atoms with Crippen molar-refractivity contribution in [2.45, 2.75) is 6.54 Å². The number of carbonyl (C=O) groups excluding carboxylic acids is 2. The lowest BCUT2D eigenvalue weighted by Gasteiger charge is -2.08. The first kappa shape index (κ1) is 17.7. The van der Waals surface area contributed by atoms with Gasteiger partial charge in [-0.25, -0.2) is 0 Å². The summed E-state index contributed by atoms with van der Waals surface area (Å²) in [7, 11) is 1.56. The minimum absolute atomic E-state index is 0.171. The molecule has 0 radical (unpaired) electrons. The molecule has 1 aromatic carbocycles. The molecule has 8 heteroatoms. The van der Waals surface area contributed by atoms with E-state index < -0.39 is 0 Å². The van der Waals surface area contributed by atoms with Crippen molar-refractivity contribution < 1.29 is 23.8 Å². The van der Waals surface area contributed by atoms with Crippen LogP contribution < -0.4 is 20.1 Å². The molecule has 3 rings (SSSR count). The third-order valence-electron chi connectivity index (χ3n) is 3.74. The van der Waals surface area contributed by atoms with Gasteiger partial charge >= 0.3 is 0 Å². The molecule has 0 bridgehead atoms. The van der Waals surface area contributed by atoms with Crippen molar-refractivity contribution in [2.24, 2.45) is 0 Å². The Balaban J connectivity index is 1.59. The Morgan fingerprint density at radius 1 is 1.12 bits per heavy atom. The number of nitrogens with one attached hydrogen (secondary N) is 2. The van der Waals surface area contributed by atoms with Gasteiger partial charge < -0.3 is 24.8 Å². The third kappa shape index (κ3) is 4.28. The summed E-state index contributed by atoms with van der Waals surface area (Å²) in [5.74, 6) is 0.696. The van der Waals surface area contributed by atoms with Crippen molar-refractivity contribution >= 4 is 11.8 Å². The first-order chi connectivity index (χ1) is 12.7. The first-order valence-corrected chi connectivity index (χ1v) is 8.07. The van der Waals surface area contributed by atoms with Crippen LogP contribution in [-0.2, 0) is 11.3 Å². The van der Waals surface area contributed by atoms with Gasteiger partial charge in [0.05, 0.1) is 6.61 Å². The Hall–Kier alpha value is -3.13. The number of fused-ring (bicyclic) bond motifs is 1. The minimum Gasteiger partial charge on any atom is -0.454 e. The SMILES string of the molecule is COCCNC(=O)c1ccnc(C(=O)NCc2ccc3c(c2)OCO3)c1. The number of aromatic nitrogens is 1. The number of nitrogens with zero attached hydrogens (tertiary/aromatic N) is 1. The number of pyridine rings is 1. The van der Waals surface area contributed by atoms with Gasteiger partial charge in [0.15, 0.2) is 11.5 Å². The normalized spacial score (nSPS) is 11.9. The number of hydrogen-bond acceptors (Lipinski definition) is 6. The molecule has 1 aromatic heterocycles. The highest BCUT2D eigenvalue weighted by Crippen LogP contribution is 2.32. The van der Waals surface area contributed by atoms with E-state index in [-0.39, 0.29) is 24.3 Å². The van der Waals surface area contributed by atoms with Gasteiger partial charge in [0.1, 0.15) is 5.69 Å². The van der Waals surface area contributed by atoms with Gasteiger partial charge in [-0.15, -0.1) is 0 Å². The van der Waals surface area contributed by atoms with Crippen molar-refractivity contribution in [2.75, 3.05) is 27.1 Å². The fraction of sp³-hybridized carbons (Fsp3) is 0.278. The highest BCUT2D eigenvalue weighted by Gasteiger charge is 2.15. The Morgan fingerprint density at radius 2 is 1.96 bits per heavy atom. The average molecular weight is 357 g/mol. The molecular formula is C18H19N3O5. The fourth-order valence-corrected chi connectivity index (χ4v) is 2.39. The van der Waals surface area contributed by atoms with Crippen molar-refractivity contribution in [3.05, 3.63) is 53.3 Å². The van der Waals surface area contributed by atoms with E-state index >= 15 is 0 Å². The molecule has 0 aliphatic carbocycles. The molecule has 0 saturated heterocycles. The van der Waals surface area contributed by atoms with Crippen LogP contribution in [0.15, 0.2) is 36.5 Å². The molecule has 2 aromatic rings. The number of amides is 2. The topological polar surface area (TPSA) is 98.8 Å². The van der Waals surface area contributed by atoms with Crippen LogP contribution in [-0.4, -0.2) is 43.9 Å². The van der Waals surface area contributed by atoms with Crippen LogP contribution in [0.2, 0.25) is 0 Å². The van der Waals surface area contributed by atoms with E-state index in [2.05, 4.69) is 15.6 Å². The summed E-state index contributed by atoms with van der Waals surface area (Å²) in [6.45, 7) is 1.32. The van der Waals surface area contributed by atoms with E-state index in [1.54, 1.807) is 19.2 Å². The maximum absolute atomic E-state index is 12.3. The monoisotopic (exact) mass is 357 g/mol. The van der Waals surface area contributed by atoms with E-state index in [9.17, 15) is 9.59 Å². The zero-order chi connectivity index (χ0) is 18.4. The number of ether oxygens (including phenoxy) is 3. The third-order valence-corrected chi connectivity index (χ3v) is 3.74. The van der Waals surface area contributed by atoms with Crippen LogP contribution in [0.25, 0.3) is 0 Å². The summed E-state index contributed by atoms with van der Waals surface area (Å²) in [6, 6.07) is 8.47. The van der Waals surface area contributed by atoms with Gasteiger partial charge in [-0.05, 0) is 29.8 Å². The molecule has 2 heterocycles. The zero-order valence-corrected chi connectivity index (χ0v) is 14.3. The molecule has 0 unspecified atom stereocenters. The van der Waals surface area contributed by atoms with Gasteiger partial charge in [-0.1, -0.05) is 6.07 Å². The van der Waals surface area contributed by atoms with Crippen LogP contribution in [0, 0.1) is 0 Å². The lowest BCUT2D eigenvalue weighted by molar-refractivity contribution is 0.0937. The molecule has 1 aliphatic rings. The summed E-state index contributed by atoms with van der Waals surface area (Å²) < 4.78 is 15.4. The molecule has 2 amide bonds. The van der Waals surface area contributed by atoms with Crippen LogP contribution in [0.5, 0.6) is 11.5 Å². The Kier molecular flexibility index (Phi) is 5.65. The molecule has 8 nitrogen and oxygen atoms in total. The summed E-state index contributed by atoms with van der Waals surface area (Å²) in [6.07, 6.45) is 1.43. The van der Waals surface area contributed by atoms with E-state index in [4.69, 9.17) is 14.2 Å². The molecule has 0 spiro atoms. The summed E-state index contributed by atoms with van der Waals surface area (Å²) in [5, 5.41) is 5.47. The number of methoxy groups -OCH3 is 1. The van der Waals surface area contributed by atoms with Gasteiger partial charge in [0.25, 0.3) is 11.8 Å². The number of benzene rings is 1. The number of rotatable bonds is 7. The Morgan fingerprint density at radius 3 is 2.81 bits per heavy atom. The largest absolute Gasteiger partial charge is 0.454 e. The van der Waals surface area contributed by atoms with Crippen LogP contribution >= 0.6 is 0 Å². The predicted octanol–water partition coefficient (Wildman–Crippen LogP) is 1.12. The average Bonchev–Trinajstić information content (AvgIpc) is 3.14. The maximum Gasteiger partial charge on any atom is 0.270 e. The summed E-state index contributed by atoms with van der Waals surface area (Å²) >= 11 is 0. The molecule has 0 fully saturated rings. The fourth-order valence-electron chi connectivity index (χ4n) is 2.39. The lowest BCUT2D eigenvalue weighted by Crippen LogP contribution is -2.28. The summed E-state index contributed by atoms with van der Waals surface area (Å²) in [4.78, 5) is 28.4. The minimum atomic E-state index is -0.366. The van der Waals surface area contributed by atoms with Crippen molar-refractivity contribution in [3.8, 4) is 11.5 Å². The summed E-state index contributed by atoms with van der Waals surface area (Å²) in [5.41, 5.74) is 1.41. The van der Waals surface area contributed by atoms with Crippen molar-refractivity contribution in [1.82, 2.24) is 15.6 Å². The van der Waals surface area contributed by atoms with Crippen molar-refractivity contribution in [1.29, 1.82) is 0 Å². The predicted molar refractivity (Wildman–Crippen MR) is 92.2 cm³/mol. The van der Waals surface area contributed by atoms with E-state index in [1.807, 2.05) is 12.1 Å². The smallest absolute Gasteiger partial charge is 0.270 e. The van der Waals surface area contributed by atoms with E-state index in [0.29, 0.717) is 36.8 Å². The first-order valence-electron chi connectivity index (χ1n) is 8.07. The highest BCUT2D eigenvalue weighted by atomic mass is 16.7. The molecule has 1 aliphatic heterocycles. The molecule has 0 saturated carbocycles. The van der Waals surface area contributed by atoms with E-state index in [1.165, 1.54) is 12.3 Å². The van der Waals surface area contributed by atoms with Gasteiger partial charge in [0, 0.05) is 32.0 Å². The van der Waals surface area contributed by atoms with Gasteiger partial charge in [0.2, 0.25) is 6.79 Å².